The normalized spacial score (nSPS) is 10.4. The van der Waals surface area contributed by atoms with Gasteiger partial charge < -0.3 is 15.4 Å². The average Bonchev–Trinajstić information content (AvgIpc) is 2.65. The van der Waals surface area contributed by atoms with Gasteiger partial charge in [0, 0.05) is 18.4 Å². The van der Waals surface area contributed by atoms with E-state index >= 15 is 0 Å². The van der Waals surface area contributed by atoms with E-state index in [0.29, 0.717) is 16.0 Å². The third-order valence-corrected chi connectivity index (χ3v) is 4.46. The fourth-order valence-corrected chi connectivity index (χ4v) is 2.75. The van der Waals surface area contributed by atoms with Gasteiger partial charge in [0.2, 0.25) is 5.95 Å². The lowest BCUT2D eigenvalue weighted by molar-refractivity contribution is 0.410. The van der Waals surface area contributed by atoms with Gasteiger partial charge in [0.1, 0.15) is 11.6 Å². The number of halogens is 2. The molecule has 3 aromatic rings. The molecule has 5 nitrogen and oxygen atoms in total. The van der Waals surface area contributed by atoms with Crippen LogP contribution in [0.2, 0.25) is 10.0 Å². The van der Waals surface area contributed by atoms with Crippen molar-refractivity contribution in [2.24, 2.45) is 0 Å². The summed E-state index contributed by atoms with van der Waals surface area (Å²) in [6.07, 6.45) is 2.52. The molecule has 0 fully saturated rings. The minimum absolute atomic E-state index is 0.475. The Morgan fingerprint density at radius 3 is 2.69 bits per heavy atom. The van der Waals surface area contributed by atoms with Crippen LogP contribution in [0.1, 0.15) is 5.56 Å². The van der Waals surface area contributed by atoms with Crippen molar-refractivity contribution in [2.75, 3.05) is 24.3 Å². The van der Waals surface area contributed by atoms with E-state index in [1.165, 1.54) is 0 Å². The van der Waals surface area contributed by atoms with Crippen molar-refractivity contribution in [1.82, 2.24) is 9.97 Å². The fraction of sp³-hybridized carbons (Fsp3) is 0.158. The number of nitrogens with one attached hydrogen (secondary N) is 2. The largest absolute Gasteiger partial charge is 0.496 e. The molecule has 0 aliphatic rings. The zero-order chi connectivity index (χ0) is 18.4. The van der Waals surface area contributed by atoms with Crippen LogP contribution in [-0.4, -0.2) is 23.6 Å². The van der Waals surface area contributed by atoms with Crippen LogP contribution in [0.4, 0.5) is 17.5 Å². The quantitative estimate of drug-likeness (QED) is 0.582. The van der Waals surface area contributed by atoms with Crippen LogP contribution in [0, 0.1) is 0 Å². The van der Waals surface area contributed by atoms with Gasteiger partial charge in [-0.2, -0.15) is 4.98 Å². The molecule has 0 aliphatic carbocycles. The summed E-state index contributed by atoms with van der Waals surface area (Å²) in [5, 5.41) is 7.39. The lowest BCUT2D eigenvalue weighted by Crippen LogP contribution is -2.08. The van der Waals surface area contributed by atoms with Gasteiger partial charge in [-0.3, -0.25) is 0 Å². The topological polar surface area (TPSA) is 59.1 Å². The average molecular weight is 389 g/mol. The van der Waals surface area contributed by atoms with Crippen molar-refractivity contribution in [2.45, 2.75) is 6.42 Å². The van der Waals surface area contributed by atoms with Crippen LogP contribution in [-0.2, 0) is 6.42 Å². The van der Waals surface area contributed by atoms with Gasteiger partial charge in [-0.05, 0) is 42.3 Å². The first kappa shape index (κ1) is 18.3. The van der Waals surface area contributed by atoms with E-state index in [1.807, 2.05) is 30.3 Å². The van der Waals surface area contributed by atoms with Gasteiger partial charge in [-0.25, -0.2) is 4.98 Å². The Hall–Kier alpha value is -2.50. The third-order valence-electron chi connectivity index (χ3n) is 3.72. The highest BCUT2D eigenvalue weighted by molar-refractivity contribution is 6.42. The molecule has 26 heavy (non-hydrogen) atoms. The maximum Gasteiger partial charge on any atom is 0.229 e. The number of rotatable bonds is 7. The third kappa shape index (κ3) is 4.77. The van der Waals surface area contributed by atoms with Crippen LogP contribution in [0.15, 0.2) is 54.7 Å². The first-order valence-corrected chi connectivity index (χ1v) is 8.82. The van der Waals surface area contributed by atoms with Crippen LogP contribution in [0.25, 0.3) is 0 Å². The number of aromatic nitrogens is 2. The standard InChI is InChI=1S/C19H18Cl2N4O/c1-26-17-5-3-2-4-13(17)8-10-22-18-9-11-23-19(25-18)24-14-6-7-15(20)16(21)12-14/h2-7,9,11-12H,8,10H2,1H3,(H2,22,23,24,25). The summed E-state index contributed by atoms with van der Waals surface area (Å²) >= 11 is 12.0. The molecule has 7 heteroatoms. The SMILES string of the molecule is COc1ccccc1CCNc1ccnc(Nc2ccc(Cl)c(Cl)c2)n1. The number of benzene rings is 2. The summed E-state index contributed by atoms with van der Waals surface area (Å²) in [5.74, 6) is 2.10. The van der Waals surface area contributed by atoms with Crippen molar-refractivity contribution >= 4 is 40.7 Å². The summed E-state index contributed by atoms with van der Waals surface area (Å²) in [5.41, 5.74) is 1.91. The number of hydrogen-bond donors (Lipinski definition) is 2. The molecule has 0 saturated carbocycles. The van der Waals surface area contributed by atoms with Gasteiger partial charge in [-0.15, -0.1) is 0 Å². The molecule has 0 aliphatic heterocycles. The zero-order valence-electron chi connectivity index (χ0n) is 14.2. The van der Waals surface area contributed by atoms with Crippen molar-refractivity contribution in [1.29, 1.82) is 0 Å². The second-order valence-electron chi connectivity index (χ2n) is 5.51. The summed E-state index contributed by atoms with van der Waals surface area (Å²) in [6, 6.07) is 15.1. The first-order chi connectivity index (χ1) is 12.7. The zero-order valence-corrected chi connectivity index (χ0v) is 15.7. The fourth-order valence-electron chi connectivity index (χ4n) is 2.46. The molecular weight excluding hydrogens is 371 g/mol. The number of nitrogens with zero attached hydrogens (tertiary/aromatic N) is 2. The lowest BCUT2D eigenvalue weighted by atomic mass is 10.1. The molecule has 1 heterocycles. The van der Waals surface area contributed by atoms with Crippen molar-refractivity contribution < 1.29 is 4.74 Å². The van der Waals surface area contributed by atoms with E-state index in [9.17, 15) is 0 Å². The number of hydrogen-bond acceptors (Lipinski definition) is 5. The van der Waals surface area contributed by atoms with Gasteiger partial charge in [-0.1, -0.05) is 41.4 Å². The van der Waals surface area contributed by atoms with Crippen molar-refractivity contribution in [3.05, 3.63) is 70.3 Å². The molecule has 0 bridgehead atoms. The van der Waals surface area contributed by atoms with Gasteiger partial charge in [0.25, 0.3) is 0 Å². The minimum Gasteiger partial charge on any atom is -0.496 e. The van der Waals surface area contributed by atoms with Crippen molar-refractivity contribution in [3.63, 3.8) is 0 Å². The molecular formula is C19H18Cl2N4O. The molecule has 0 saturated heterocycles. The Kier molecular flexibility index (Phi) is 6.15. The molecule has 0 radical (unpaired) electrons. The highest BCUT2D eigenvalue weighted by Crippen LogP contribution is 2.26. The van der Waals surface area contributed by atoms with E-state index < -0.39 is 0 Å². The second kappa shape index (κ2) is 8.74. The van der Waals surface area contributed by atoms with E-state index in [1.54, 1.807) is 25.4 Å². The number of para-hydroxylation sites is 1. The van der Waals surface area contributed by atoms with Crippen LogP contribution >= 0.6 is 23.2 Å². The predicted molar refractivity (Wildman–Crippen MR) is 107 cm³/mol. The molecule has 0 unspecified atom stereocenters. The predicted octanol–water partition coefficient (Wildman–Crippen LogP) is 5.19. The second-order valence-corrected chi connectivity index (χ2v) is 6.32. The highest BCUT2D eigenvalue weighted by Gasteiger charge is 2.04. The summed E-state index contributed by atoms with van der Waals surface area (Å²) in [4.78, 5) is 8.68. The number of ether oxygens (including phenoxy) is 1. The Balaban J connectivity index is 1.61. The Morgan fingerprint density at radius 1 is 1.04 bits per heavy atom. The molecule has 134 valence electrons. The molecule has 0 amide bonds. The van der Waals surface area contributed by atoms with Crippen LogP contribution in [0.3, 0.4) is 0 Å². The van der Waals surface area contributed by atoms with Crippen LogP contribution in [0.5, 0.6) is 5.75 Å². The van der Waals surface area contributed by atoms with Gasteiger partial charge in [0.05, 0.1) is 17.2 Å². The molecule has 2 N–H and O–H groups in total. The molecule has 0 atom stereocenters. The molecule has 3 rings (SSSR count). The Labute approximate surface area is 162 Å². The first-order valence-electron chi connectivity index (χ1n) is 8.06. The monoisotopic (exact) mass is 388 g/mol. The smallest absolute Gasteiger partial charge is 0.229 e. The van der Waals surface area contributed by atoms with Crippen molar-refractivity contribution in [3.8, 4) is 5.75 Å². The maximum atomic E-state index is 6.03. The van der Waals surface area contributed by atoms with E-state index in [2.05, 4.69) is 26.7 Å². The lowest BCUT2D eigenvalue weighted by Gasteiger charge is -2.10. The van der Waals surface area contributed by atoms with E-state index in [0.717, 1.165) is 35.8 Å². The van der Waals surface area contributed by atoms with Gasteiger partial charge >= 0.3 is 0 Å². The van der Waals surface area contributed by atoms with Gasteiger partial charge in [0.15, 0.2) is 0 Å². The van der Waals surface area contributed by atoms with E-state index in [4.69, 9.17) is 27.9 Å². The van der Waals surface area contributed by atoms with Crippen LogP contribution < -0.4 is 15.4 Å². The Morgan fingerprint density at radius 2 is 1.88 bits per heavy atom. The highest BCUT2D eigenvalue weighted by atomic mass is 35.5. The molecule has 1 aromatic heterocycles. The summed E-state index contributed by atoms with van der Waals surface area (Å²) < 4.78 is 5.37. The maximum absolute atomic E-state index is 6.03. The Bertz CT molecular complexity index is 889. The summed E-state index contributed by atoms with van der Waals surface area (Å²) in [7, 11) is 1.68. The molecule has 2 aromatic carbocycles. The minimum atomic E-state index is 0.475. The number of anilines is 3. The molecule has 0 spiro atoms. The van der Waals surface area contributed by atoms with E-state index in [-0.39, 0.29) is 0 Å². The summed E-state index contributed by atoms with van der Waals surface area (Å²) in [6.45, 7) is 0.726. The number of methoxy groups -OCH3 is 1.